The van der Waals surface area contributed by atoms with Crippen LogP contribution in [0.15, 0.2) is 4.42 Å². The Morgan fingerprint density at radius 2 is 2.06 bits per heavy atom. The van der Waals surface area contributed by atoms with E-state index in [1.807, 2.05) is 0 Å². The zero-order valence-corrected chi connectivity index (χ0v) is 12.2. The van der Waals surface area contributed by atoms with E-state index in [-0.39, 0.29) is 11.2 Å². The molecule has 0 fully saturated rings. The van der Waals surface area contributed by atoms with E-state index in [0.29, 0.717) is 24.1 Å². The van der Waals surface area contributed by atoms with Gasteiger partial charge in [0.2, 0.25) is 5.76 Å². The van der Waals surface area contributed by atoms with Gasteiger partial charge in [0.15, 0.2) is 5.89 Å². The third-order valence-electron chi connectivity index (χ3n) is 3.26. The SMILES string of the molecule is CCOC(=O)c1oc(CC(C)C(C)(C)C)nc1C. The van der Waals surface area contributed by atoms with Gasteiger partial charge in [-0.2, -0.15) is 0 Å². The first-order valence-electron chi connectivity index (χ1n) is 6.39. The molecule has 1 heterocycles. The molecule has 4 nitrogen and oxygen atoms in total. The van der Waals surface area contributed by atoms with Gasteiger partial charge in [-0.3, -0.25) is 0 Å². The van der Waals surface area contributed by atoms with Crippen LogP contribution in [0, 0.1) is 18.3 Å². The maximum absolute atomic E-state index is 11.6. The van der Waals surface area contributed by atoms with E-state index < -0.39 is 5.97 Å². The second kappa shape index (κ2) is 5.55. The molecule has 0 aromatic carbocycles. The fraction of sp³-hybridized carbons (Fsp3) is 0.714. The van der Waals surface area contributed by atoms with E-state index >= 15 is 0 Å². The zero-order valence-electron chi connectivity index (χ0n) is 12.2. The van der Waals surface area contributed by atoms with Crippen LogP contribution >= 0.6 is 0 Å². The summed E-state index contributed by atoms with van der Waals surface area (Å²) >= 11 is 0. The number of oxazole rings is 1. The van der Waals surface area contributed by atoms with Gasteiger partial charge in [-0.15, -0.1) is 0 Å². The van der Waals surface area contributed by atoms with E-state index in [9.17, 15) is 4.79 Å². The van der Waals surface area contributed by atoms with Gasteiger partial charge in [0.1, 0.15) is 0 Å². The molecular formula is C14H23NO3. The molecule has 1 atom stereocenters. The van der Waals surface area contributed by atoms with E-state index in [1.165, 1.54) is 0 Å². The van der Waals surface area contributed by atoms with Crippen LogP contribution in [0.2, 0.25) is 0 Å². The van der Waals surface area contributed by atoms with Gasteiger partial charge in [-0.1, -0.05) is 27.7 Å². The summed E-state index contributed by atoms with van der Waals surface area (Å²) in [6.45, 7) is 12.6. The van der Waals surface area contributed by atoms with Gasteiger partial charge >= 0.3 is 5.97 Å². The Morgan fingerprint density at radius 1 is 1.44 bits per heavy atom. The highest BCUT2D eigenvalue weighted by Crippen LogP contribution is 2.28. The van der Waals surface area contributed by atoms with Gasteiger partial charge in [0, 0.05) is 6.42 Å². The Kier molecular flexibility index (Phi) is 4.54. The lowest BCUT2D eigenvalue weighted by Gasteiger charge is -2.25. The summed E-state index contributed by atoms with van der Waals surface area (Å²) in [6, 6.07) is 0. The lowest BCUT2D eigenvalue weighted by atomic mass is 9.80. The lowest BCUT2D eigenvalue weighted by Crippen LogP contribution is -2.19. The van der Waals surface area contributed by atoms with Crippen LogP contribution in [-0.2, 0) is 11.2 Å². The third kappa shape index (κ3) is 3.59. The topological polar surface area (TPSA) is 52.3 Å². The van der Waals surface area contributed by atoms with Crippen molar-refractivity contribution in [1.29, 1.82) is 0 Å². The largest absolute Gasteiger partial charge is 0.460 e. The lowest BCUT2D eigenvalue weighted by molar-refractivity contribution is 0.0486. The molecule has 1 rings (SSSR count). The molecule has 0 aliphatic carbocycles. The molecule has 0 aliphatic heterocycles. The Bertz CT molecular complexity index is 415. The molecule has 0 bridgehead atoms. The smallest absolute Gasteiger partial charge is 0.376 e. The Hall–Kier alpha value is -1.32. The molecule has 1 aromatic rings. The number of carbonyl (C=O) groups is 1. The maximum Gasteiger partial charge on any atom is 0.376 e. The monoisotopic (exact) mass is 253 g/mol. The van der Waals surface area contributed by atoms with Crippen molar-refractivity contribution in [3.8, 4) is 0 Å². The highest BCUT2D eigenvalue weighted by molar-refractivity contribution is 5.87. The van der Waals surface area contributed by atoms with Crippen LogP contribution in [-0.4, -0.2) is 17.6 Å². The number of nitrogens with zero attached hydrogens (tertiary/aromatic N) is 1. The first kappa shape index (κ1) is 14.7. The predicted octanol–water partition coefficient (Wildman–Crippen LogP) is 3.38. The fourth-order valence-electron chi connectivity index (χ4n) is 1.49. The van der Waals surface area contributed by atoms with Gasteiger partial charge in [-0.05, 0) is 25.2 Å². The summed E-state index contributed by atoms with van der Waals surface area (Å²) in [5, 5.41) is 0. The predicted molar refractivity (Wildman–Crippen MR) is 69.5 cm³/mol. The Labute approximate surface area is 109 Å². The van der Waals surface area contributed by atoms with E-state index in [4.69, 9.17) is 9.15 Å². The summed E-state index contributed by atoms with van der Waals surface area (Å²) in [4.78, 5) is 15.9. The van der Waals surface area contributed by atoms with Crippen molar-refractivity contribution < 1.29 is 13.9 Å². The summed E-state index contributed by atoms with van der Waals surface area (Å²) in [7, 11) is 0. The number of aromatic nitrogens is 1. The fourth-order valence-corrected chi connectivity index (χ4v) is 1.49. The summed E-state index contributed by atoms with van der Waals surface area (Å²) in [5.41, 5.74) is 0.788. The van der Waals surface area contributed by atoms with Crippen molar-refractivity contribution in [3.05, 3.63) is 17.3 Å². The number of aryl methyl sites for hydroxylation is 1. The van der Waals surface area contributed by atoms with Crippen LogP contribution in [0.3, 0.4) is 0 Å². The molecule has 1 aromatic heterocycles. The molecule has 1 unspecified atom stereocenters. The van der Waals surface area contributed by atoms with Crippen molar-refractivity contribution in [3.63, 3.8) is 0 Å². The Morgan fingerprint density at radius 3 is 2.56 bits per heavy atom. The minimum absolute atomic E-state index is 0.187. The van der Waals surface area contributed by atoms with Crippen LogP contribution in [0.25, 0.3) is 0 Å². The van der Waals surface area contributed by atoms with Crippen LogP contribution in [0.1, 0.15) is 56.8 Å². The highest BCUT2D eigenvalue weighted by atomic mass is 16.5. The maximum atomic E-state index is 11.6. The number of hydrogen-bond donors (Lipinski definition) is 0. The van der Waals surface area contributed by atoms with Crippen LogP contribution in [0.4, 0.5) is 0 Å². The van der Waals surface area contributed by atoms with Gasteiger partial charge in [0.25, 0.3) is 0 Å². The van der Waals surface area contributed by atoms with Crippen molar-refractivity contribution in [2.45, 2.75) is 48.0 Å². The van der Waals surface area contributed by atoms with Gasteiger partial charge < -0.3 is 9.15 Å². The van der Waals surface area contributed by atoms with Crippen molar-refractivity contribution >= 4 is 5.97 Å². The number of ether oxygens (including phenoxy) is 1. The first-order chi connectivity index (χ1) is 8.25. The quantitative estimate of drug-likeness (QED) is 0.772. The number of hydrogen-bond acceptors (Lipinski definition) is 4. The first-order valence-corrected chi connectivity index (χ1v) is 6.39. The van der Waals surface area contributed by atoms with Crippen molar-refractivity contribution in [1.82, 2.24) is 4.98 Å². The number of esters is 1. The average Bonchev–Trinajstić information content (AvgIpc) is 2.58. The molecule has 18 heavy (non-hydrogen) atoms. The zero-order chi connectivity index (χ0) is 13.9. The molecule has 0 saturated carbocycles. The normalized spacial score (nSPS) is 13.4. The minimum Gasteiger partial charge on any atom is -0.460 e. The highest BCUT2D eigenvalue weighted by Gasteiger charge is 2.24. The molecule has 0 amide bonds. The molecule has 4 heteroatoms. The summed E-state index contributed by atoms with van der Waals surface area (Å²) < 4.78 is 10.4. The van der Waals surface area contributed by atoms with E-state index in [1.54, 1.807) is 13.8 Å². The molecule has 0 aliphatic rings. The third-order valence-corrected chi connectivity index (χ3v) is 3.26. The van der Waals surface area contributed by atoms with E-state index in [0.717, 1.165) is 6.42 Å². The molecule has 0 saturated heterocycles. The van der Waals surface area contributed by atoms with Gasteiger partial charge in [0.05, 0.1) is 12.3 Å². The number of carbonyl (C=O) groups excluding carboxylic acids is 1. The van der Waals surface area contributed by atoms with Crippen molar-refractivity contribution in [2.24, 2.45) is 11.3 Å². The number of rotatable bonds is 4. The molecule has 0 N–H and O–H groups in total. The Balaban J connectivity index is 2.82. The summed E-state index contributed by atoms with van der Waals surface area (Å²) in [5.74, 6) is 0.827. The van der Waals surface area contributed by atoms with Crippen molar-refractivity contribution in [2.75, 3.05) is 6.61 Å². The van der Waals surface area contributed by atoms with Crippen LogP contribution in [0.5, 0.6) is 0 Å². The standard InChI is InChI=1S/C14H23NO3/c1-7-17-13(16)12-10(3)15-11(18-12)8-9(2)14(4,5)6/h9H,7-8H2,1-6H3. The summed E-state index contributed by atoms with van der Waals surface area (Å²) in [6.07, 6.45) is 0.726. The molecular weight excluding hydrogens is 230 g/mol. The molecule has 0 radical (unpaired) electrons. The molecule has 0 spiro atoms. The minimum atomic E-state index is -0.433. The van der Waals surface area contributed by atoms with Gasteiger partial charge in [-0.25, -0.2) is 9.78 Å². The second-order valence-corrected chi connectivity index (χ2v) is 5.71. The van der Waals surface area contributed by atoms with Crippen LogP contribution < -0.4 is 0 Å². The van der Waals surface area contributed by atoms with E-state index in [2.05, 4.69) is 32.7 Å². The average molecular weight is 253 g/mol. The molecule has 102 valence electrons. The second-order valence-electron chi connectivity index (χ2n) is 5.71.